The first-order chi connectivity index (χ1) is 17.1. The number of benzene rings is 2. The van der Waals surface area contributed by atoms with Crippen LogP contribution >= 0.6 is 23.7 Å². The Hall–Kier alpha value is -2.04. The zero-order chi connectivity index (χ0) is 26.0. The molecule has 4 rings (SSSR count). The van der Waals surface area contributed by atoms with Crippen molar-refractivity contribution < 1.29 is 13.2 Å². The Morgan fingerprint density at radius 3 is 2.43 bits per heavy atom. The molecule has 0 N–H and O–H groups in total. The third kappa shape index (κ3) is 6.17. The third-order valence-electron chi connectivity index (χ3n) is 7.07. The zero-order valence-corrected chi connectivity index (χ0v) is 24.7. The van der Waals surface area contributed by atoms with Crippen LogP contribution in [0.5, 0.6) is 0 Å². The highest BCUT2D eigenvalue weighted by Crippen LogP contribution is 2.33. The summed E-state index contributed by atoms with van der Waals surface area (Å²) in [6, 6.07) is 10.6. The minimum atomic E-state index is -3.59. The van der Waals surface area contributed by atoms with Gasteiger partial charge in [-0.1, -0.05) is 30.7 Å². The molecule has 37 heavy (non-hydrogen) atoms. The van der Waals surface area contributed by atoms with Crippen LogP contribution in [-0.2, 0) is 10.0 Å². The van der Waals surface area contributed by atoms with Gasteiger partial charge in [0.1, 0.15) is 0 Å². The number of rotatable bonds is 8. The molecule has 1 atom stereocenters. The Morgan fingerprint density at radius 2 is 1.78 bits per heavy atom. The molecule has 0 bridgehead atoms. The van der Waals surface area contributed by atoms with E-state index in [2.05, 4.69) is 26.0 Å². The van der Waals surface area contributed by atoms with E-state index in [1.54, 1.807) is 33.5 Å². The van der Waals surface area contributed by atoms with Gasteiger partial charge in [-0.3, -0.25) is 9.69 Å². The third-order valence-corrected chi connectivity index (χ3v) is 10.1. The SMILES string of the molecule is CCC1CCCCN1S(=O)(=O)c1ccc(C(=O)N(CCN(C)C)c2nc3c(C)c(C)ccc3s2)cc1.Cl. The second-order valence-corrected chi connectivity index (χ2v) is 12.7. The smallest absolute Gasteiger partial charge is 0.260 e. The monoisotopic (exact) mass is 564 g/mol. The highest BCUT2D eigenvalue weighted by Gasteiger charge is 2.32. The van der Waals surface area contributed by atoms with E-state index in [1.807, 2.05) is 25.9 Å². The summed E-state index contributed by atoms with van der Waals surface area (Å²) in [5.41, 5.74) is 3.66. The van der Waals surface area contributed by atoms with Crippen molar-refractivity contribution in [1.29, 1.82) is 0 Å². The summed E-state index contributed by atoms with van der Waals surface area (Å²) in [7, 11) is 0.347. The lowest BCUT2D eigenvalue weighted by Crippen LogP contribution is -2.43. The van der Waals surface area contributed by atoms with Crippen LogP contribution in [-0.4, -0.2) is 68.3 Å². The van der Waals surface area contributed by atoms with E-state index in [9.17, 15) is 13.2 Å². The lowest BCUT2D eigenvalue weighted by atomic mass is 10.0. The molecule has 2 aromatic carbocycles. The normalized spacial score (nSPS) is 16.6. The van der Waals surface area contributed by atoms with E-state index in [-0.39, 0.29) is 29.3 Å². The number of sulfonamides is 1. The van der Waals surface area contributed by atoms with Gasteiger partial charge in [-0.15, -0.1) is 12.4 Å². The first-order valence-electron chi connectivity index (χ1n) is 12.6. The van der Waals surface area contributed by atoms with Crippen LogP contribution in [0.2, 0.25) is 0 Å². The number of aromatic nitrogens is 1. The van der Waals surface area contributed by atoms with Gasteiger partial charge in [0.15, 0.2) is 5.13 Å². The number of nitrogens with zero attached hydrogens (tertiary/aromatic N) is 4. The summed E-state index contributed by atoms with van der Waals surface area (Å²) in [6.07, 6.45) is 3.64. The number of amides is 1. The van der Waals surface area contributed by atoms with Crippen LogP contribution in [0.15, 0.2) is 41.3 Å². The number of likely N-dealkylation sites (N-methyl/N-ethyl adjacent to an activating group) is 1. The van der Waals surface area contributed by atoms with E-state index in [0.29, 0.717) is 30.3 Å². The van der Waals surface area contributed by atoms with Crippen LogP contribution in [0.1, 0.15) is 54.1 Å². The average molecular weight is 565 g/mol. The molecular weight excluding hydrogens is 528 g/mol. The van der Waals surface area contributed by atoms with Crippen molar-refractivity contribution in [3.8, 4) is 0 Å². The fourth-order valence-corrected chi connectivity index (χ4v) is 7.49. The van der Waals surface area contributed by atoms with Crippen molar-refractivity contribution in [3.63, 3.8) is 0 Å². The van der Waals surface area contributed by atoms with Crippen molar-refractivity contribution in [1.82, 2.24) is 14.2 Å². The maximum Gasteiger partial charge on any atom is 0.260 e. The molecule has 1 aliphatic rings. The number of carbonyl (C=O) groups is 1. The van der Waals surface area contributed by atoms with Crippen molar-refractivity contribution in [2.24, 2.45) is 0 Å². The molecule has 1 aromatic heterocycles. The first kappa shape index (κ1) is 29.5. The van der Waals surface area contributed by atoms with Crippen LogP contribution in [0, 0.1) is 13.8 Å². The molecule has 3 aromatic rings. The Labute approximate surface area is 230 Å². The molecular formula is C27H37ClN4O3S2. The lowest BCUT2D eigenvalue weighted by molar-refractivity contribution is 0.0985. The van der Waals surface area contributed by atoms with Gasteiger partial charge < -0.3 is 4.90 Å². The zero-order valence-electron chi connectivity index (χ0n) is 22.2. The van der Waals surface area contributed by atoms with Crippen molar-refractivity contribution >= 4 is 55.0 Å². The maximum absolute atomic E-state index is 13.7. The number of hydrogen-bond donors (Lipinski definition) is 0. The fraction of sp³-hybridized carbons (Fsp3) is 0.481. The Morgan fingerprint density at radius 1 is 1.08 bits per heavy atom. The van der Waals surface area contributed by atoms with E-state index in [1.165, 1.54) is 16.9 Å². The lowest BCUT2D eigenvalue weighted by Gasteiger charge is -2.34. The van der Waals surface area contributed by atoms with Crippen molar-refractivity contribution in [2.45, 2.75) is 57.4 Å². The van der Waals surface area contributed by atoms with Gasteiger partial charge in [0, 0.05) is 31.2 Å². The number of piperidine rings is 1. The maximum atomic E-state index is 13.7. The van der Waals surface area contributed by atoms with Gasteiger partial charge in [0.05, 0.1) is 15.1 Å². The molecule has 1 amide bonds. The van der Waals surface area contributed by atoms with Crippen molar-refractivity contribution in [3.05, 3.63) is 53.1 Å². The first-order valence-corrected chi connectivity index (χ1v) is 14.8. The van der Waals surface area contributed by atoms with E-state index in [0.717, 1.165) is 41.5 Å². The number of fused-ring (bicyclic) bond motifs is 1. The number of halogens is 1. The number of anilines is 1. The van der Waals surface area contributed by atoms with E-state index in [4.69, 9.17) is 4.98 Å². The number of thiazole rings is 1. The van der Waals surface area contributed by atoms with Crippen LogP contribution in [0.25, 0.3) is 10.2 Å². The van der Waals surface area contributed by atoms with Gasteiger partial charge in [-0.25, -0.2) is 13.4 Å². The molecule has 0 radical (unpaired) electrons. The highest BCUT2D eigenvalue weighted by atomic mass is 35.5. The second kappa shape index (κ2) is 12.2. The van der Waals surface area contributed by atoms with Crippen LogP contribution in [0.3, 0.4) is 0 Å². The molecule has 0 aliphatic carbocycles. The number of hydrogen-bond acceptors (Lipinski definition) is 6. The molecule has 7 nitrogen and oxygen atoms in total. The second-order valence-electron chi connectivity index (χ2n) is 9.81. The van der Waals surface area contributed by atoms with Gasteiger partial charge in [-0.2, -0.15) is 4.31 Å². The Kier molecular flexibility index (Phi) is 9.74. The Bertz CT molecular complexity index is 1340. The van der Waals surface area contributed by atoms with E-state index >= 15 is 0 Å². The van der Waals surface area contributed by atoms with Crippen LogP contribution < -0.4 is 4.90 Å². The predicted molar refractivity (Wildman–Crippen MR) is 155 cm³/mol. The molecule has 0 spiro atoms. The van der Waals surface area contributed by atoms with E-state index < -0.39 is 10.0 Å². The summed E-state index contributed by atoms with van der Waals surface area (Å²) in [6.45, 7) is 7.86. The molecule has 202 valence electrons. The molecule has 2 heterocycles. The van der Waals surface area contributed by atoms with Gasteiger partial charge in [0.2, 0.25) is 10.0 Å². The minimum absolute atomic E-state index is 0. The largest absolute Gasteiger partial charge is 0.308 e. The minimum Gasteiger partial charge on any atom is -0.308 e. The predicted octanol–water partition coefficient (Wildman–Crippen LogP) is 5.50. The summed E-state index contributed by atoms with van der Waals surface area (Å²) in [4.78, 5) is 22.5. The Balaban J connectivity index is 0.00000380. The standard InChI is InChI=1S/C27H36N4O3S2.ClH/c1-6-22-9-7-8-16-31(22)36(33,34)23-13-11-21(12-14-23)26(32)30(18-17-29(4)5)27-28-25-20(3)19(2)10-15-24(25)35-27;/h10-15,22H,6-9,16-18H2,1-5H3;1H. The van der Waals surface area contributed by atoms with Crippen molar-refractivity contribution in [2.75, 3.05) is 38.6 Å². The molecule has 1 saturated heterocycles. The summed E-state index contributed by atoms with van der Waals surface area (Å²) in [5, 5.41) is 0.654. The average Bonchev–Trinajstić information content (AvgIpc) is 3.31. The molecule has 1 unspecified atom stereocenters. The molecule has 0 saturated carbocycles. The highest BCUT2D eigenvalue weighted by molar-refractivity contribution is 7.89. The summed E-state index contributed by atoms with van der Waals surface area (Å²) in [5.74, 6) is -0.182. The van der Waals surface area contributed by atoms with Crippen LogP contribution in [0.4, 0.5) is 5.13 Å². The summed E-state index contributed by atoms with van der Waals surface area (Å²) >= 11 is 1.50. The molecule has 1 aliphatic heterocycles. The summed E-state index contributed by atoms with van der Waals surface area (Å²) < 4.78 is 29.4. The quantitative estimate of drug-likeness (QED) is 0.361. The molecule has 10 heteroatoms. The number of aryl methyl sites for hydroxylation is 2. The van der Waals surface area contributed by atoms with Gasteiger partial charge in [-0.05, 0) is 88.7 Å². The van der Waals surface area contributed by atoms with Gasteiger partial charge in [0.25, 0.3) is 5.91 Å². The fourth-order valence-electron chi connectivity index (χ4n) is 4.67. The topological polar surface area (TPSA) is 73.8 Å². The number of carbonyl (C=O) groups excluding carboxylic acids is 1. The van der Waals surface area contributed by atoms with Gasteiger partial charge >= 0.3 is 0 Å². The molecule has 1 fully saturated rings.